The third-order valence-corrected chi connectivity index (χ3v) is 5.55. The maximum absolute atomic E-state index is 12.5. The van der Waals surface area contributed by atoms with Crippen LogP contribution in [0, 0.1) is 11.8 Å². The van der Waals surface area contributed by atoms with E-state index in [-0.39, 0.29) is 11.9 Å². The number of hydrogen-bond donors (Lipinski definition) is 2. The summed E-state index contributed by atoms with van der Waals surface area (Å²) >= 11 is 0. The number of ether oxygens (including phenoxy) is 1. The quantitative estimate of drug-likeness (QED) is 0.897. The second-order valence-corrected chi connectivity index (χ2v) is 6.86. The highest BCUT2D eigenvalue weighted by Crippen LogP contribution is 2.46. The van der Waals surface area contributed by atoms with Gasteiger partial charge in [-0.1, -0.05) is 24.3 Å². The molecule has 2 saturated heterocycles. The Labute approximate surface area is 131 Å². The molecular weight excluding hydrogens is 276 g/mol. The Morgan fingerprint density at radius 3 is 2.77 bits per heavy atom. The van der Waals surface area contributed by atoms with Crippen LogP contribution >= 0.6 is 0 Å². The Morgan fingerprint density at radius 1 is 1.18 bits per heavy atom. The lowest BCUT2D eigenvalue weighted by Crippen LogP contribution is -2.34. The van der Waals surface area contributed by atoms with E-state index in [0.29, 0.717) is 24.2 Å². The number of amides is 1. The molecule has 4 nitrogen and oxygen atoms in total. The van der Waals surface area contributed by atoms with Crippen molar-refractivity contribution in [3.8, 4) is 0 Å². The fourth-order valence-electron chi connectivity index (χ4n) is 4.38. The molecule has 118 valence electrons. The molecule has 1 aliphatic carbocycles. The topological polar surface area (TPSA) is 50.4 Å². The zero-order valence-electron chi connectivity index (χ0n) is 12.9. The predicted octanol–water partition coefficient (Wildman–Crippen LogP) is 1.98. The van der Waals surface area contributed by atoms with Gasteiger partial charge in [0.1, 0.15) is 0 Å². The van der Waals surface area contributed by atoms with Crippen LogP contribution in [-0.2, 0) is 9.53 Å². The van der Waals surface area contributed by atoms with E-state index in [9.17, 15) is 4.79 Å². The van der Waals surface area contributed by atoms with E-state index in [1.807, 2.05) is 0 Å². The van der Waals surface area contributed by atoms with Crippen LogP contribution in [0.2, 0.25) is 0 Å². The van der Waals surface area contributed by atoms with Gasteiger partial charge in [-0.3, -0.25) is 4.79 Å². The van der Waals surface area contributed by atoms with Gasteiger partial charge in [0.15, 0.2) is 0 Å². The summed E-state index contributed by atoms with van der Waals surface area (Å²) < 4.78 is 5.38. The molecule has 0 saturated carbocycles. The highest BCUT2D eigenvalue weighted by Gasteiger charge is 2.43. The number of rotatable bonds is 3. The Hall–Kier alpha value is -1.39. The lowest BCUT2D eigenvalue weighted by molar-refractivity contribution is -0.123. The van der Waals surface area contributed by atoms with Gasteiger partial charge in [-0.25, -0.2) is 0 Å². The lowest BCUT2D eigenvalue weighted by atomic mass is 9.93. The first kappa shape index (κ1) is 14.2. The van der Waals surface area contributed by atoms with Crippen LogP contribution in [0.1, 0.15) is 42.3 Å². The van der Waals surface area contributed by atoms with Gasteiger partial charge < -0.3 is 15.4 Å². The van der Waals surface area contributed by atoms with Crippen LogP contribution in [0.5, 0.6) is 0 Å². The minimum absolute atomic E-state index is 0.184. The van der Waals surface area contributed by atoms with Crippen molar-refractivity contribution in [2.24, 2.45) is 11.8 Å². The van der Waals surface area contributed by atoms with Gasteiger partial charge >= 0.3 is 0 Å². The van der Waals surface area contributed by atoms with Gasteiger partial charge in [0.05, 0.1) is 6.04 Å². The van der Waals surface area contributed by atoms with Crippen molar-refractivity contribution in [1.82, 2.24) is 10.6 Å². The number of nitrogens with one attached hydrogen (secondary N) is 2. The third-order valence-electron chi connectivity index (χ3n) is 5.55. The second-order valence-electron chi connectivity index (χ2n) is 6.86. The normalized spacial score (nSPS) is 30.8. The Balaban J connectivity index is 1.46. The van der Waals surface area contributed by atoms with Gasteiger partial charge in [0.2, 0.25) is 5.91 Å². The number of hydrogen-bond acceptors (Lipinski definition) is 3. The molecule has 0 bridgehead atoms. The van der Waals surface area contributed by atoms with E-state index in [1.54, 1.807) is 0 Å². The number of carbonyl (C=O) groups is 1. The molecule has 0 unspecified atom stereocenters. The fourth-order valence-corrected chi connectivity index (χ4v) is 4.38. The van der Waals surface area contributed by atoms with E-state index in [0.717, 1.165) is 39.1 Å². The molecule has 2 aliphatic heterocycles. The minimum atomic E-state index is 0.184. The van der Waals surface area contributed by atoms with E-state index in [1.165, 1.54) is 11.1 Å². The van der Waals surface area contributed by atoms with Crippen molar-refractivity contribution in [2.45, 2.75) is 31.2 Å². The molecule has 0 radical (unpaired) electrons. The van der Waals surface area contributed by atoms with Crippen molar-refractivity contribution in [1.29, 1.82) is 0 Å². The highest BCUT2D eigenvalue weighted by atomic mass is 16.5. The summed E-state index contributed by atoms with van der Waals surface area (Å²) in [6.45, 7) is 3.65. The molecule has 1 amide bonds. The Morgan fingerprint density at radius 2 is 1.95 bits per heavy atom. The maximum atomic E-state index is 12.5. The monoisotopic (exact) mass is 300 g/mol. The zero-order valence-corrected chi connectivity index (χ0v) is 12.9. The number of carbonyl (C=O) groups excluding carboxylic acids is 1. The van der Waals surface area contributed by atoms with Crippen molar-refractivity contribution in [3.05, 3.63) is 35.4 Å². The van der Waals surface area contributed by atoms with Gasteiger partial charge in [-0.2, -0.15) is 0 Å². The standard InChI is InChI=1S/C18H24N2O2/c21-17(9-12-5-7-22-8-6-12)20-18-14-4-2-1-3-13(14)15-10-19-11-16(15)18/h1-4,12,15-16,18-19H,5-11H2,(H,20,21)/t15-,16-,18+/m0/s1. The van der Waals surface area contributed by atoms with Crippen LogP contribution in [0.3, 0.4) is 0 Å². The third kappa shape index (κ3) is 2.55. The molecule has 1 aromatic carbocycles. The zero-order chi connectivity index (χ0) is 14.9. The average molecular weight is 300 g/mol. The predicted molar refractivity (Wildman–Crippen MR) is 84.6 cm³/mol. The smallest absolute Gasteiger partial charge is 0.220 e. The number of fused-ring (bicyclic) bond motifs is 3. The van der Waals surface area contributed by atoms with Gasteiger partial charge in [-0.05, 0) is 29.9 Å². The van der Waals surface area contributed by atoms with Crippen LogP contribution in [-0.4, -0.2) is 32.2 Å². The molecule has 2 N–H and O–H groups in total. The van der Waals surface area contributed by atoms with Crippen molar-refractivity contribution >= 4 is 5.91 Å². The first-order valence-electron chi connectivity index (χ1n) is 8.49. The first-order chi connectivity index (χ1) is 10.8. The molecule has 22 heavy (non-hydrogen) atoms. The van der Waals surface area contributed by atoms with E-state index in [2.05, 4.69) is 34.9 Å². The van der Waals surface area contributed by atoms with Crippen LogP contribution in [0.15, 0.2) is 24.3 Å². The summed E-state index contributed by atoms with van der Waals surface area (Å²) in [5.74, 6) is 1.77. The average Bonchev–Trinajstić information content (AvgIpc) is 3.12. The fraction of sp³-hybridized carbons (Fsp3) is 0.611. The molecule has 2 heterocycles. The van der Waals surface area contributed by atoms with Crippen molar-refractivity contribution in [2.75, 3.05) is 26.3 Å². The summed E-state index contributed by atoms with van der Waals surface area (Å²) in [6, 6.07) is 8.80. The summed E-state index contributed by atoms with van der Waals surface area (Å²) in [4.78, 5) is 12.5. The van der Waals surface area contributed by atoms with Crippen LogP contribution < -0.4 is 10.6 Å². The summed E-state index contributed by atoms with van der Waals surface area (Å²) in [5, 5.41) is 6.82. The van der Waals surface area contributed by atoms with Crippen LogP contribution in [0.25, 0.3) is 0 Å². The molecule has 4 heteroatoms. The molecule has 2 fully saturated rings. The molecule has 3 atom stereocenters. The largest absolute Gasteiger partial charge is 0.381 e. The molecular formula is C18H24N2O2. The SMILES string of the molecule is O=C(CC1CCOCC1)N[C@@H]1c2ccccc2[C@@H]2CNC[C@H]12. The molecule has 4 rings (SSSR count). The molecule has 3 aliphatic rings. The van der Waals surface area contributed by atoms with Crippen LogP contribution in [0.4, 0.5) is 0 Å². The summed E-state index contributed by atoms with van der Waals surface area (Å²) in [6.07, 6.45) is 2.68. The minimum Gasteiger partial charge on any atom is -0.381 e. The van der Waals surface area contributed by atoms with Gasteiger partial charge in [0, 0.05) is 44.6 Å². The van der Waals surface area contributed by atoms with E-state index < -0.39 is 0 Å². The van der Waals surface area contributed by atoms with Gasteiger partial charge in [-0.15, -0.1) is 0 Å². The lowest BCUT2D eigenvalue weighted by Gasteiger charge is -2.24. The first-order valence-corrected chi connectivity index (χ1v) is 8.49. The van der Waals surface area contributed by atoms with E-state index in [4.69, 9.17) is 4.74 Å². The van der Waals surface area contributed by atoms with E-state index >= 15 is 0 Å². The maximum Gasteiger partial charge on any atom is 0.220 e. The van der Waals surface area contributed by atoms with Gasteiger partial charge in [0.25, 0.3) is 0 Å². The Kier molecular flexibility index (Phi) is 3.89. The highest BCUT2D eigenvalue weighted by molar-refractivity contribution is 5.77. The molecule has 0 aromatic heterocycles. The van der Waals surface area contributed by atoms with Crippen molar-refractivity contribution < 1.29 is 9.53 Å². The molecule has 1 aromatic rings. The summed E-state index contributed by atoms with van der Waals surface area (Å²) in [7, 11) is 0. The second kappa shape index (κ2) is 6.01. The molecule has 0 spiro atoms. The van der Waals surface area contributed by atoms with Crippen molar-refractivity contribution in [3.63, 3.8) is 0 Å². The number of benzene rings is 1. The summed E-state index contributed by atoms with van der Waals surface area (Å²) in [5.41, 5.74) is 2.76. The Bertz CT molecular complexity index is 554.